The highest BCUT2D eigenvalue weighted by molar-refractivity contribution is 7.92. The summed E-state index contributed by atoms with van der Waals surface area (Å²) in [7, 11) is -1.66. The molecule has 0 bridgehead atoms. The number of hydrogen-bond acceptors (Lipinski definition) is 7. The van der Waals surface area contributed by atoms with E-state index in [0.29, 0.717) is 17.0 Å². The minimum atomic E-state index is -3.74. The number of hydroxylamine groups is 1. The van der Waals surface area contributed by atoms with Crippen molar-refractivity contribution in [3.63, 3.8) is 0 Å². The van der Waals surface area contributed by atoms with Crippen LogP contribution in [0.2, 0.25) is 0 Å². The van der Waals surface area contributed by atoms with Crippen molar-refractivity contribution in [2.24, 2.45) is 5.92 Å². The third kappa shape index (κ3) is 4.91. The molecule has 2 heterocycles. The van der Waals surface area contributed by atoms with Gasteiger partial charge in [-0.3, -0.25) is 10.0 Å². The number of likely N-dealkylation sites (tertiary alicyclic amines) is 1. The van der Waals surface area contributed by atoms with E-state index >= 15 is 0 Å². The van der Waals surface area contributed by atoms with Gasteiger partial charge in [-0.25, -0.2) is 18.9 Å². The maximum atomic E-state index is 12.1. The minimum absolute atomic E-state index is 0.00901. The van der Waals surface area contributed by atoms with Gasteiger partial charge in [-0.1, -0.05) is 11.8 Å². The molecule has 31 heavy (non-hydrogen) atoms. The molecule has 164 valence electrons. The molecule has 1 aromatic heterocycles. The van der Waals surface area contributed by atoms with Crippen LogP contribution in [0.15, 0.2) is 18.2 Å². The van der Waals surface area contributed by atoms with Crippen LogP contribution in [0.1, 0.15) is 30.8 Å². The molecule has 1 aliphatic heterocycles. The molecule has 0 radical (unpaired) electrons. The molecule has 1 aromatic carbocycles. The summed E-state index contributed by atoms with van der Waals surface area (Å²) >= 11 is 1.43. The van der Waals surface area contributed by atoms with Crippen molar-refractivity contribution in [1.82, 2.24) is 15.4 Å². The first-order valence-corrected chi connectivity index (χ1v) is 12.5. The molecule has 0 saturated carbocycles. The minimum Gasteiger partial charge on any atom is -0.301 e. The highest BCUT2D eigenvalue weighted by atomic mass is 32.2. The predicted octanol–water partition coefficient (Wildman–Crippen LogP) is 1.84. The fourth-order valence-electron chi connectivity index (χ4n) is 3.28. The van der Waals surface area contributed by atoms with Crippen molar-refractivity contribution in [1.29, 1.82) is 0 Å². The van der Waals surface area contributed by atoms with Crippen molar-refractivity contribution in [3.8, 4) is 23.7 Å². The second-order valence-corrected chi connectivity index (χ2v) is 11.6. The first-order chi connectivity index (χ1) is 14.5. The van der Waals surface area contributed by atoms with E-state index in [1.54, 1.807) is 0 Å². The van der Waals surface area contributed by atoms with Gasteiger partial charge in [-0.05, 0) is 57.4 Å². The summed E-state index contributed by atoms with van der Waals surface area (Å²) in [6, 6.07) is 6.14. The van der Waals surface area contributed by atoms with E-state index in [2.05, 4.69) is 47.5 Å². The van der Waals surface area contributed by atoms with Gasteiger partial charge in [-0.2, -0.15) is 0 Å². The molecule has 1 unspecified atom stereocenters. The number of aromatic nitrogens is 1. The molecule has 2 N–H and O–H groups in total. The molecule has 9 heteroatoms. The number of nitrogens with zero attached hydrogens (tertiary/aromatic N) is 2. The van der Waals surface area contributed by atoms with E-state index in [1.165, 1.54) is 23.7 Å². The standard InChI is InChI=1S/C22H25N3O4S2/c1-15-17(14-25(15)3)8-6-5-7-16-9-10-18-19(13-16)30-20(23-18)11-12-22(2,21(26)24-27)31(4,28)29/h9-10,13,15,17,27H,11-12,14H2,1-4H3,(H,24,26)/t15-,17+,22?/m1/s1. The third-order valence-corrected chi connectivity index (χ3v) is 9.04. The predicted molar refractivity (Wildman–Crippen MR) is 121 cm³/mol. The van der Waals surface area contributed by atoms with Gasteiger partial charge >= 0.3 is 0 Å². The molecule has 2 aromatic rings. The largest absolute Gasteiger partial charge is 0.301 e. The van der Waals surface area contributed by atoms with Crippen LogP contribution in [0.3, 0.4) is 0 Å². The van der Waals surface area contributed by atoms with E-state index in [1.807, 2.05) is 18.2 Å². The van der Waals surface area contributed by atoms with Crippen molar-refractivity contribution >= 4 is 37.3 Å². The number of sulfone groups is 1. The van der Waals surface area contributed by atoms with Gasteiger partial charge in [0.1, 0.15) is 4.75 Å². The zero-order valence-electron chi connectivity index (χ0n) is 17.9. The van der Waals surface area contributed by atoms with Crippen LogP contribution in [0.4, 0.5) is 0 Å². The summed E-state index contributed by atoms with van der Waals surface area (Å²) in [5, 5.41) is 9.65. The summed E-state index contributed by atoms with van der Waals surface area (Å²) in [6.07, 6.45) is 1.28. The monoisotopic (exact) mass is 459 g/mol. The topological polar surface area (TPSA) is 99.6 Å². The van der Waals surface area contributed by atoms with Crippen LogP contribution in [0.5, 0.6) is 0 Å². The van der Waals surface area contributed by atoms with Gasteiger partial charge < -0.3 is 4.90 Å². The Balaban J connectivity index is 1.72. The Morgan fingerprint density at radius 3 is 2.77 bits per heavy atom. The highest BCUT2D eigenvalue weighted by Crippen LogP contribution is 2.28. The number of carbonyl (C=O) groups excluding carboxylic acids is 1. The smallest absolute Gasteiger partial charge is 0.264 e. The number of amides is 1. The molecule has 0 spiro atoms. The molecule has 7 nitrogen and oxygen atoms in total. The van der Waals surface area contributed by atoms with Crippen LogP contribution in [0.25, 0.3) is 10.2 Å². The van der Waals surface area contributed by atoms with Crippen LogP contribution >= 0.6 is 11.3 Å². The zero-order valence-corrected chi connectivity index (χ0v) is 19.5. The average Bonchev–Trinajstić information content (AvgIpc) is 3.14. The second-order valence-electron chi connectivity index (χ2n) is 8.04. The Hall–Kier alpha value is -2.43. The zero-order chi connectivity index (χ0) is 22.8. The molecular formula is C22H25N3O4S2. The lowest BCUT2D eigenvalue weighted by Gasteiger charge is -2.40. The van der Waals surface area contributed by atoms with Crippen LogP contribution < -0.4 is 5.48 Å². The number of rotatable bonds is 5. The number of thiazole rings is 1. The lowest BCUT2D eigenvalue weighted by atomic mass is 9.91. The second kappa shape index (κ2) is 8.97. The Labute approximate surface area is 186 Å². The number of benzene rings is 1. The normalized spacial score (nSPS) is 20.5. The fourth-order valence-corrected chi connectivity index (χ4v) is 5.15. The Morgan fingerprint density at radius 2 is 2.16 bits per heavy atom. The maximum absolute atomic E-state index is 12.1. The summed E-state index contributed by atoms with van der Waals surface area (Å²) in [6.45, 7) is 4.43. The Morgan fingerprint density at radius 1 is 1.42 bits per heavy atom. The van der Waals surface area contributed by atoms with E-state index in [-0.39, 0.29) is 12.8 Å². The van der Waals surface area contributed by atoms with Crippen molar-refractivity contribution in [3.05, 3.63) is 28.8 Å². The van der Waals surface area contributed by atoms with Gasteiger partial charge in [-0.15, -0.1) is 11.3 Å². The van der Waals surface area contributed by atoms with Gasteiger partial charge in [0, 0.05) is 36.7 Å². The van der Waals surface area contributed by atoms with E-state index in [0.717, 1.165) is 28.6 Å². The van der Waals surface area contributed by atoms with E-state index in [4.69, 9.17) is 5.21 Å². The Kier molecular flexibility index (Phi) is 6.73. The number of hydrogen-bond donors (Lipinski definition) is 2. The lowest BCUT2D eigenvalue weighted by molar-refractivity contribution is -0.131. The fraction of sp³-hybridized carbons (Fsp3) is 0.455. The number of carbonyl (C=O) groups is 1. The summed E-state index contributed by atoms with van der Waals surface area (Å²) in [5.41, 5.74) is 3.08. The van der Waals surface area contributed by atoms with Crippen molar-refractivity contribution in [2.75, 3.05) is 19.8 Å². The van der Waals surface area contributed by atoms with Crippen molar-refractivity contribution in [2.45, 2.75) is 37.5 Å². The van der Waals surface area contributed by atoms with Crippen LogP contribution in [-0.2, 0) is 21.1 Å². The van der Waals surface area contributed by atoms with Gasteiger partial charge in [0.25, 0.3) is 5.91 Å². The number of nitrogens with one attached hydrogen (secondary N) is 1. The highest BCUT2D eigenvalue weighted by Gasteiger charge is 2.43. The molecule has 1 amide bonds. The molecular weight excluding hydrogens is 434 g/mol. The van der Waals surface area contributed by atoms with Gasteiger partial charge in [0.15, 0.2) is 9.84 Å². The van der Waals surface area contributed by atoms with E-state index < -0.39 is 20.5 Å². The Bertz CT molecular complexity index is 1230. The number of fused-ring (bicyclic) bond motifs is 1. The first-order valence-electron chi connectivity index (χ1n) is 9.80. The van der Waals surface area contributed by atoms with E-state index in [9.17, 15) is 13.2 Å². The summed E-state index contributed by atoms with van der Waals surface area (Å²) < 4.78 is 23.4. The molecule has 1 fully saturated rings. The third-order valence-electron chi connectivity index (χ3n) is 5.94. The van der Waals surface area contributed by atoms with Crippen LogP contribution in [-0.4, -0.2) is 60.1 Å². The van der Waals surface area contributed by atoms with Gasteiger partial charge in [0.05, 0.1) is 15.2 Å². The summed E-state index contributed by atoms with van der Waals surface area (Å²) in [5.74, 6) is 11.5. The number of aryl methyl sites for hydroxylation is 1. The molecule has 1 aliphatic rings. The molecule has 1 saturated heterocycles. The lowest BCUT2D eigenvalue weighted by Crippen LogP contribution is -2.51. The maximum Gasteiger partial charge on any atom is 0.264 e. The first kappa shape index (κ1) is 23.2. The molecule has 3 rings (SSSR count). The summed E-state index contributed by atoms with van der Waals surface area (Å²) in [4.78, 5) is 18.7. The molecule has 3 atom stereocenters. The van der Waals surface area contributed by atoms with Crippen molar-refractivity contribution < 1.29 is 18.4 Å². The average molecular weight is 460 g/mol. The quantitative estimate of drug-likeness (QED) is 0.402. The van der Waals surface area contributed by atoms with Gasteiger partial charge in [0.2, 0.25) is 0 Å². The van der Waals surface area contributed by atoms with Crippen LogP contribution in [0, 0.1) is 29.6 Å². The SMILES string of the molecule is C[C@@H]1[C@@H](C#CC#Cc2ccc3nc(CCC(C)(C(=O)NO)S(C)(=O)=O)sc3c2)CN1C. The molecule has 0 aliphatic carbocycles.